The highest BCUT2D eigenvalue weighted by molar-refractivity contribution is 6.30. The molecule has 0 unspecified atom stereocenters. The second kappa shape index (κ2) is 16.8. The van der Waals surface area contributed by atoms with Crippen molar-refractivity contribution in [3.05, 3.63) is 70.8 Å². The lowest BCUT2D eigenvalue weighted by Crippen LogP contribution is -2.53. The van der Waals surface area contributed by atoms with E-state index in [9.17, 15) is 9.59 Å². The van der Waals surface area contributed by atoms with E-state index >= 15 is 0 Å². The van der Waals surface area contributed by atoms with Gasteiger partial charge in [0.1, 0.15) is 24.8 Å². The molecular weight excluding hydrogens is 598 g/mol. The van der Waals surface area contributed by atoms with Crippen molar-refractivity contribution in [2.24, 2.45) is 11.5 Å². The van der Waals surface area contributed by atoms with E-state index in [0.717, 1.165) is 47.3 Å². The molecule has 0 saturated carbocycles. The van der Waals surface area contributed by atoms with Crippen LogP contribution in [0, 0.1) is 0 Å². The van der Waals surface area contributed by atoms with Gasteiger partial charge in [-0.15, -0.1) is 10.2 Å². The standard InChI is InChI=1S/C31H40ClN9O4/c1-2-3-12-26-36-28(32)25(19-45-30(44)24(35-31(33)34)11-5-4-6-13-27(42)43)41(26)18-20-14-16-21(17-15-20)22-9-7-8-10-23(22)29-37-39-40-38-29/h7-10,14-17,24,31,35H,2-6,11-13,18-19,33-34H2,1H3,(H,42,43)(H,37,38,39,40)/t24-/m0/s1. The fraction of sp³-hybridized carbons (Fsp3) is 0.419. The van der Waals surface area contributed by atoms with Crippen LogP contribution in [0.15, 0.2) is 48.5 Å². The second-order valence-corrected chi connectivity index (χ2v) is 11.1. The smallest absolute Gasteiger partial charge is 0.323 e. The maximum atomic E-state index is 13.1. The maximum absolute atomic E-state index is 13.1. The topological polar surface area (TPSA) is 200 Å². The summed E-state index contributed by atoms with van der Waals surface area (Å²) in [4.78, 5) is 28.5. The molecule has 2 aromatic heterocycles. The van der Waals surface area contributed by atoms with Crippen molar-refractivity contribution in [1.29, 1.82) is 0 Å². The quantitative estimate of drug-likeness (QED) is 0.0599. The molecule has 14 heteroatoms. The Labute approximate surface area is 266 Å². The SMILES string of the molecule is CCCCc1nc(Cl)c(COC(=O)[C@H](CCCCCC(=O)O)NC(N)N)n1Cc1ccc(-c2ccccc2-c2nn[nH]n2)cc1. The van der Waals surface area contributed by atoms with Gasteiger partial charge in [-0.25, -0.2) is 4.98 Å². The Morgan fingerprint density at radius 2 is 1.82 bits per heavy atom. The van der Waals surface area contributed by atoms with E-state index in [1.807, 2.05) is 53.1 Å². The third-order valence-corrected chi connectivity index (χ3v) is 7.69. The number of carbonyl (C=O) groups is 2. The number of halogens is 1. The van der Waals surface area contributed by atoms with Gasteiger partial charge in [0.25, 0.3) is 0 Å². The lowest BCUT2D eigenvalue weighted by atomic mass is 9.98. The predicted octanol–water partition coefficient (Wildman–Crippen LogP) is 4.01. The van der Waals surface area contributed by atoms with Crippen molar-refractivity contribution in [3.63, 3.8) is 0 Å². The Bertz CT molecular complexity index is 1520. The first-order chi connectivity index (χ1) is 21.8. The normalized spacial score (nSPS) is 12.0. The van der Waals surface area contributed by atoms with E-state index in [-0.39, 0.29) is 18.2 Å². The third-order valence-electron chi connectivity index (χ3n) is 7.39. The van der Waals surface area contributed by atoms with Crippen molar-refractivity contribution in [2.75, 3.05) is 0 Å². The fourth-order valence-electron chi connectivity index (χ4n) is 5.08. The van der Waals surface area contributed by atoms with Gasteiger partial charge in [0.05, 0.1) is 5.69 Å². The lowest BCUT2D eigenvalue weighted by molar-refractivity contribution is -0.148. The zero-order chi connectivity index (χ0) is 32.2. The number of aryl methyl sites for hydroxylation is 1. The number of hydrogen-bond donors (Lipinski definition) is 5. The number of aliphatic carboxylic acids is 1. The Balaban J connectivity index is 1.49. The van der Waals surface area contributed by atoms with Gasteiger partial charge >= 0.3 is 11.9 Å². The molecule has 0 aliphatic carbocycles. The number of carbonyl (C=O) groups excluding carboxylic acids is 1. The number of carboxylic acids is 1. The number of tetrazole rings is 1. The number of ether oxygens (including phenoxy) is 1. The molecule has 2 aromatic carbocycles. The predicted molar refractivity (Wildman–Crippen MR) is 170 cm³/mol. The highest BCUT2D eigenvalue weighted by Gasteiger charge is 2.23. The van der Waals surface area contributed by atoms with Gasteiger partial charge in [0, 0.05) is 24.9 Å². The molecule has 0 radical (unpaired) electrons. The molecule has 0 bridgehead atoms. The van der Waals surface area contributed by atoms with Crippen LogP contribution in [0.1, 0.15) is 69.0 Å². The summed E-state index contributed by atoms with van der Waals surface area (Å²) in [5, 5.41) is 26.4. The largest absolute Gasteiger partial charge is 0.481 e. The van der Waals surface area contributed by atoms with E-state index < -0.39 is 24.3 Å². The average Bonchev–Trinajstić information content (AvgIpc) is 3.66. The average molecular weight is 638 g/mol. The summed E-state index contributed by atoms with van der Waals surface area (Å²) in [6, 6.07) is 15.3. The van der Waals surface area contributed by atoms with E-state index in [0.29, 0.717) is 43.7 Å². The van der Waals surface area contributed by atoms with E-state index in [2.05, 4.69) is 37.8 Å². The summed E-state index contributed by atoms with van der Waals surface area (Å²) in [7, 11) is 0. The molecule has 0 aliphatic heterocycles. The van der Waals surface area contributed by atoms with Gasteiger partial charge in [-0.1, -0.05) is 86.3 Å². The summed E-state index contributed by atoms with van der Waals surface area (Å²) < 4.78 is 7.73. The fourth-order valence-corrected chi connectivity index (χ4v) is 5.33. The number of unbranched alkanes of at least 4 members (excludes halogenated alkanes) is 3. The molecule has 2 heterocycles. The Morgan fingerprint density at radius 1 is 1.07 bits per heavy atom. The maximum Gasteiger partial charge on any atom is 0.323 e. The highest BCUT2D eigenvalue weighted by Crippen LogP contribution is 2.30. The molecule has 13 nitrogen and oxygen atoms in total. The van der Waals surface area contributed by atoms with Crippen molar-refractivity contribution >= 4 is 23.5 Å². The molecule has 45 heavy (non-hydrogen) atoms. The minimum absolute atomic E-state index is 0.0794. The molecule has 0 aliphatic rings. The van der Waals surface area contributed by atoms with Crippen molar-refractivity contribution in [1.82, 2.24) is 35.5 Å². The summed E-state index contributed by atoms with van der Waals surface area (Å²) in [5.74, 6) is -0.0256. The number of nitrogens with two attached hydrogens (primary N) is 2. The molecule has 0 spiro atoms. The van der Waals surface area contributed by atoms with Crippen LogP contribution in [0.4, 0.5) is 0 Å². The molecule has 4 rings (SSSR count). The molecule has 0 amide bonds. The van der Waals surface area contributed by atoms with Gasteiger partial charge in [-0.05, 0) is 41.2 Å². The number of nitrogens with zero attached hydrogens (tertiary/aromatic N) is 5. The molecule has 0 saturated heterocycles. The molecule has 7 N–H and O–H groups in total. The van der Waals surface area contributed by atoms with Crippen LogP contribution in [0.5, 0.6) is 0 Å². The Kier molecular flexibility index (Phi) is 12.6. The van der Waals surface area contributed by atoms with Crippen LogP contribution in [-0.4, -0.2) is 59.6 Å². The van der Waals surface area contributed by atoms with Gasteiger partial charge in [0.15, 0.2) is 5.15 Å². The highest BCUT2D eigenvalue weighted by atomic mass is 35.5. The van der Waals surface area contributed by atoms with Crippen LogP contribution in [0.25, 0.3) is 22.5 Å². The van der Waals surface area contributed by atoms with Gasteiger partial charge in [-0.2, -0.15) is 5.21 Å². The second-order valence-electron chi connectivity index (χ2n) is 10.8. The first kappa shape index (κ1) is 33.7. The monoisotopic (exact) mass is 637 g/mol. The zero-order valence-electron chi connectivity index (χ0n) is 25.3. The molecule has 1 atom stereocenters. The van der Waals surface area contributed by atoms with Crippen LogP contribution >= 0.6 is 11.6 Å². The van der Waals surface area contributed by atoms with Crippen molar-refractivity contribution < 1.29 is 19.4 Å². The number of aromatic amines is 1. The van der Waals surface area contributed by atoms with Gasteiger partial charge in [-0.3, -0.25) is 14.9 Å². The number of carboxylic acid groups (broad SMARTS) is 1. The minimum atomic E-state index is -0.918. The third kappa shape index (κ3) is 9.66. The Morgan fingerprint density at radius 3 is 2.49 bits per heavy atom. The number of H-pyrrole nitrogens is 1. The number of hydrogen-bond acceptors (Lipinski definition) is 10. The van der Waals surface area contributed by atoms with Crippen molar-refractivity contribution in [3.8, 4) is 22.5 Å². The number of aromatic nitrogens is 6. The molecule has 240 valence electrons. The number of esters is 1. The van der Waals surface area contributed by atoms with Crippen LogP contribution in [0.3, 0.4) is 0 Å². The number of rotatable bonds is 18. The summed E-state index contributed by atoms with van der Waals surface area (Å²) in [5.41, 5.74) is 15.9. The van der Waals surface area contributed by atoms with Crippen LogP contribution < -0.4 is 16.8 Å². The Hall–Kier alpha value is -4.17. The van der Waals surface area contributed by atoms with Gasteiger partial charge < -0.3 is 25.9 Å². The first-order valence-electron chi connectivity index (χ1n) is 15.1. The number of imidazole rings is 1. The van der Waals surface area contributed by atoms with E-state index in [1.54, 1.807) is 0 Å². The van der Waals surface area contributed by atoms with E-state index in [4.69, 9.17) is 32.9 Å². The van der Waals surface area contributed by atoms with E-state index in [1.165, 1.54) is 0 Å². The lowest BCUT2D eigenvalue weighted by Gasteiger charge is -2.20. The summed E-state index contributed by atoms with van der Waals surface area (Å²) in [6.07, 6.45) is 4.00. The molecule has 0 fully saturated rings. The van der Waals surface area contributed by atoms with Crippen LogP contribution in [-0.2, 0) is 33.9 Å². The minimum Gasteiger partial charge on any atom is -0.481 e. The molecule has 4 aromatic rings. The van der Waals surface area contributed by atoms with Crippen molar-refractivity contribution in [2.45, 2.75) is 83.8 Å². The zero-order valence-corrected chi connectivity index (χ0v) is 26.0. The number of benzene rings is 2. The number of nitrogens with one attached hydrogen (secondary N) is 2. The summed E-state index contributed by atoms with van der Waals surface area (Å²) >= 11 is 6.61. The first-order valence-corrected chi connectivity index (χ1v) is 15.5. The van der Waals surface area contributed by atoms with Gasteiger partial charge in [0.2, 0.25) is 5.82 Å². The summed E-state index contributed by atoms with van der Waals surface area (Å²) in [6.45, 7) is 2.51. The molecular formula is C31H40ClN9O4. The van der Waals surface area contributed by atoms with Crippen LogP contribution in [0.2, 0.25) is 5.15 Å².